The standard InChI is InChI=1S/C18H19BrFNO3S/c1-24-18-7-6-16(12-17(18)19)25(22,23)21-10-8-14(9-11-21)13-2-4-15(20)5-3-13/h2-7,12,14H,8-11H2,1H3. The maximum absolute atomic E-state index is 13.0. The Hall–Kier alpha value is -1.44. The monoisotopic (exact) mass is 427 g/mol. The summed E-state index contributed by atoms with van der Waals surface area (Å²) in [7, 11) is -2.00. The Bertz CT molecular complexity index is 847. The molecule has 0 aliphatic carbocycles. The summed E-state index contributed by atoms with van der Waals surface area (Å²) < 4.78 is 46.0. The van der Waals surface area contributed by atoms with Gasteiger partial charge in [0.25, 0.3) is 0 Å². The maximum Gasteiger partial charge on any atom is 0.243 e. The molecular formula is C18H19BrFNO3S. The molecule has 1 heterocycles. The first-order valence-electron chi connectivity index (χ1n) is 8.01. The highest BCUT2D eigenvalue weighted by Crippen LogP contribution is 2.33. The summed E-state index contributed by atoms with van der Waals surface area (Å²) in [6, 6.07) is 11.2. The molecule has 3 rings (SSSR count). The molecule has 4 nitrogen and oxygen atoms in total. The van der Waals surface area contributed by atoms with Crippen molar-refractivity contribution in [2.24, 2.45) is 0 Å². The van der Waals surface area contributed by atoms with Crippen LogP contribution in [-0.2, 0) is 10.0 Å². The lowest BCUT2D eigenvalue weighted by Crippen LogP contribution is -2.37. The molecule has 1 saturated heterocycles. The van der Waals surface area contributed by atoms with E-state index >= 15 is 0 Å². The molecule has 0 radical (unpaired) electrons. The van der Waals surface area contributed by atoms with Crippen molar-refractivity contribution < 1.29 is 17.5 Å². The lowest BCUT2D eigenvalue weighted by molar-refractivity contribution is 0.319. The molecule has 1 aliphatic heterocycles. The number of methoxy groups -OCH3 is 1. The van der Waals surface area contributed by atoms with Gasteiger partial charge in [-0.2, -0.15) is 4.31 Å². The third-order valence-electron chi connectivity index (χ3n) is 4.56. The van der Waals surface area contributed by atoms with Gasteiger partial charge >= 0.3 is 0 Å². The van der Waals surface area contributed by atoms with Gasteiger partial charge in [-0.05, 0) is 70.6 Å². The van der Waals surface area contributed by atoms with Crippen molar-refractivity contribution in [3.8, 4) is 5.75 Å². The summed E-state index contributed by atoms with van der Waals surface area (Å²) in [5.74, 6) is 0.595. The number of hydrogen-bond donors (Lipinski definition) is 0. The second-order valence-corrected chi connectivity index (χ2v) is 8.82. The first-order valence-corrected chi connectivity index (χ1v) is 10.2. The van der Waals surface area contributed by atoms with E-state index in [0.29, 0.717) is 23.3 Å². The lowest BCUT2D eigenvalue weighted by Gasteiger charge is -2.31. The first-order chi connectivity index (χ1) is 11.9. The second-order valence-electron chi connectivity index (χ2n) is 6.03. The molecular weight excluding hydrogens is 409 g/mol. The van der Waals surface area contributed by atoms with E-state index in [1.165, 1.54) is 23.5 Å². The van der Waals surface area contributed by atoms with Crippen LogP contribution >= 0.6 is 15.9 Å². The number of hydrogen-bond acceptors (Lipinski definition) is 3. The van der Waals surface area contributed by atoms with Crippen LogP contribution in [0.4, 0.5) is 4.39 Å². The largest absolute Gasteiger partial charge is 0.496 e. The molecule has 0 amide bonds. The van der Waals surface area contributed by atoms with Gasteiger partial charge in [0.2, 0.25) is 10.0 Å². The van der Waals surface area contributed by atoms with Crippen molar-refractivity contribution in [1.29, 1.82) is 0 Å². The van der Waals surface area contributed by atoms with Crippen molar-refractivity contribution in [1.82, 2.24) is 4.31 Å². The third kappa shape index (κ3) is 3.88. The van der Waals surface area contributed by atoms with Crippen LogP contribution < -0.4 is 4.74 Å². The predicted molar refractivity (Wildman–Crippen MR) is 97.8 cm³/mol. The number of halogens is 2. The second kappa shape index (κ2) is 7.43. The van der Waals surface area contributed by atoms with Crippen LogP contribution in [-0.4, -0.2) is 32.9 Å². The van der Waals surface area contributed by atoms with Gasteiger partial charge in [-0.3, -0.25) is 0 Å². The van der Waals surface area contributed by atoms with Crippen LogP contribution in [0, 0.1) is 5.82 Å². The summed E-state index contributed by atoms with van der Waals surface area (Å²) in [5, 5.41) is 0. The molecule has 0 spiro atoms. The van der Waals surface area contributed by atoms with Crippen molar-refractivity contribution >= 4 is 26.0 Å². The average molecular weight is 428 g/mol. The number of ether oxygens (including phenoxy) is 1. The molecule has 1 aliphatic rings. The Morgan fingerprint density at radius 1 is 1.12 bits per heavy atom. The van der Waals surface area contributed by atoms with Gasteiger partial charge in [-0.25, -0.2) is 12.8 Å². The number of benzene rings is 2. The number of sulfonamides is 1. The van der Waals surface area contributed by atoms with Gasteiger partial charge in [0.05, 0.1) is 16.5 Å². The molecule has 25 heavy (non-hydrogen) atoms. The summed E-state index contributed by atoms with van der Waals surface area (Å²) in [6.07, 6.45) is 1.45. The minimum Gasteiger partial charge on any atom is -0.496 e. The molecule has 0 atom stereocenters. The topological polar surface area (TPSA) is 46.6 Å². The minimum atomic E-state index is -3.53. The number of piperidine rings is 1. The van der Waals surface area contributed by atoms with Gasteiger partial charge in [0.15, 0.2) is 0 Å². The average Bonchev–Trinajstić information content (AvgIpc) is 2.62. The highest BCUT2D eigenvalue weighted by atomic mass is 79.9. The predicted octanol–water partition coefficient (Wildman–Crippen LogP) is 4.17. The Morgan fingerprint density at radius 2 is 1.76 bits per heavy atom. The van der Waals surface area contributed by atoms with Crippen LogP contribution in [0.15, 0.2) is 51.8 Å². The Balaban J connectivity index is 1.73. The van der Waals surface area contributed by atoms with Crippen molar-refractivity contribution in [3.63, 3.8) is 0 Å². The summed E-state index contributed by atoms with van der Waals surface area (Å²) in [5.41, 5.74) is 1.06. The summed E-state index contributed by atoms with van der Waals surface area (Å²) >= 11 is 3.33. The number of rotatable bonds is 4. The van der Waals surface area contributed by atoms with E-state index in [1.807, 2.05) is 0 Å². The van der Waals surface area contributed by atoms with Gasteiger partial charge in [-0.1, -0.05) is 12.1 Å². The molecule has 1 fully saturated rings. The number of nitrogens with zero attached hydrogens (tertiary/aromatic N) is 1. The van der Waals surface area contributed by atoms with Crippen molar-refractivity contribution in [2.75, 3.05) is 20.2 Å². The molecule has 0 aromatic heterocycles. The summed E-state index contributed by atoms with van der Waals surface area (Å²) in [4.78, 5) is 0.250. The Kier molecular flexibility index (Phi) is 5.46. The Morgan fingerprint density at radius 3 is 2.32 bits per heavy atom. The van der Waals surface area contributed by atoms with E-state index < -0.39 is 10.0 Å². The first kappa shape index (κ1) is 18.4. The van der Waals surface area contributed by atoms with Crippen molar-refractivity contribution in [3.05, 3.63) is 58.3 Å². The minimum absolute atomic E-state index is 0.250. The van der Waals surface area contributed by atoms with Crippen LogP contribution in [0.1, 0.15) is 24.3 Å². The lowest BCUT2D eigenvalue weighted by atomic mass is 9.90. The molecule has 0 saturated carbocycles. The van der Waals surface area contributed by atoms with Crippen LogP contribution in [0.5, 0.6) is 5.75 Å². The molecule has 2 aromatic carbocycles. The normalized spacial score (nSPS) is 16.8. The quantitative estimate of drug-likeness (QED) is 0.735. The zero-order valence-electron chi connectivity index (χ0n) is 13.8. The molecule has 134 valence electrons. The van der Waals surface area contributed by atoms with E-state index in [1.54, 1.807) is 30.3 Å². The summed E-state index contributed by atoms with van der Waals surface area (Å²) in [6.45, 7) is 0.905. The maximum atomic E-state index is 13.0. The fourth-order valence-corrected chi connectivity index (χ4v) is 5.31. The van der Waals surface area contributed by atoms with E-state index in [9.17, 15) is 12.8 Å². The Labute approximate surface area is 155 Å². The zero-order chi connectivity index (χ0) is 18.0. The zero-order valence-corrected chi connectivity index (χ0v) is 16.2. The smallest absolute Gasteiger partial charge is 0.243 e. The third-order valence-corrected chi connectivity index (χ3v) is 7.07. The van der Waals surface area contributed by atoms with Crippen LogP contribution in [0.2, 0.25) is 0 Å². The van der Waals surface area contributed by atoms with E-state index in [4.69, 9.17) is 4.74 Å². The highest BCUT2D eigenvalue weighted by molar-refractivity contribution is 9.10. The van der Waals surface area contributed by atoms with Gasteiger partial charge in [0.1, 0.15) is 11.6 Å². The van der Waals surface area contributed by atoms with Crippen LogP contribution in [0.3, 0.4) is 0 Å². The molecule has 2 aromatic rings. The van der Waals surface area contributed by atoms with Gasteiger partial charge in [-0.15, -0.1) is 0 Å². The molecule has 0 N–H and O–H groups in total. The SMILES string of the molecule is COc1ccc(S(=O)(=O)N2CCC(c3ccc(F)cc3)CC2)cc1Br. The van der Waals surface area contributed by atoms with Crippen LogP contribution in [0.25, 0.3) is 0 Å². The van der Waals surface area contributed by atoms with Gasteiger partial charge < -0.3 is 4.74 Å². The van der Waals surface area contributed by atoms with Gasteiger partial charge in [0, 0.05) is 13.1 Å². The molecule has 0 unspecified atom stereocenters. The van der Waals surface area contributed by atoms with E-state index in [2.05, 4.69) is 15.9 Å². The van der Waals surface area contributed by atoms with Crippen molar-refractivity contribution in [2.45, 2.75) is 23.7 Å². The van der Waals surface area contributed by atoms with E-state index in [0.717, 1.165) is 18.4 Å². The molecule has 7 heteroatoms. The highest BCUT2D eigenvalue weighted by Gasteiger charge is 2.30. The fourth-order valence-electron chi connectivity index (χ4n) is 3.12. The fraction of sp³-hybridized carbons (Fsp3) is 0.333. The molecule has 0 bridgehead atoms. The van der Waals surface area contributed by atoms with E-state index in [-0.39, 0.29) is 16.6 Å².